The Morgan fingerprint density at radius 2 is 1.69 bits per heavy atom. The summed E-state index contributed by atoms with van der Waals surface area (Å²) in [6.07, 6.45) is -4.81. The smallest absolute Gasteiger partial charge is 0.395 e. The number of aromatic nitrogens is 3. The second-order valence-electron chi connectivity index (χ2n) is 7.65. The van der Waals surface area contributed by atoms with Gasteiger partial charge in [-0.25, -0.2) is 0 Å². The number of amides is 1. The molecule has 0 bridgehead atoms. The average Bonchev–Trinajstić information content (AvgIpc) is 3.50. The van der Waals surface area contributed by atoms with Crippen LogP contribution in [0.4, 0.5) is 13.2 Å². The van der Waals surface area contributed by atoms with Crippen LogP contribution in [0.2, 0.25) is 0 Å². The van der Waals surface area contributed by atoms with E-state index in [9.17, 15) is 23.1 Å². The molecule has 35 heavy (non-hydrogen) atoms. The number of hydrogen-bond acceptors (Lipinski definition) is 8. The number of carbonyl (C=O) groups excluding carboxylic acids is 1. The maximum absolute atomic E-state index is 13.9. The van der Waals surface area contributed by atoms with E-state index in [1.54, 1.807) is 18.2 Å². The lowest BCUT2D eigenvalue weighted by molar-refractivity contribution is -0.139. The molecule has 1 amide bonds. The summed E-state index contributed by atoms with van der Waals surface area (Å²) in [6.45, 7) is 0.981. The minimum atomic E-state index is -4.81. The molecule has 4 rings (SSSR count). The molecule has 3 N–H and O–H groups in total. The van der Waals surface area contributed by atoms with Crippen LogP contribution in [0, 0.1) is 0 Å². The first-order chi connectivity index (χ1) is 16.6. The van der Waals surface area contributed by atoms with E-state index in [1.807, 2.05) is 0 Å². The predicted octanol–water partition coefficient (Wildman–Crippen LogP) is 3.39. The summed E-state index contributed by atoms with van der Waals surface area (Å²) in [4.78, 5) is 16.2. The third-order valence-corrected chi connectivity index (χ3v) is 5.19. The van der Waals surface area contributed by atoms with Gasteiger partial charge in [0.1, 0.15) is 11.3 Å². The van der Waals surface area contributed by atoms with Crippen molar-refractivity contribution in [1.82, 2.24) is 20.6 Å². The summed E-state index contributed by atoms with van der Waals surface area (Å²) in [7, 11) is 0. The number of aliphatic hydroxyl groups is 2. The van der Waals surface area contributed by atoms with Gasteiger partial charge < -0.3 is 24.6 Å². The van der Waals surface area contributed by atoms with Gasteiger partial charge in [0.2, 0.25) is 11.6 Å². The van der Waals surface area contributed by atoms with Crippen LogP contribution in [0.3, 0.4) is 0 Å². The van der Waals surface area contributed by atoms with Crippen molar-refractivity contribution in [2.45, 2.75) is 18.7 Å². The molecule has 0 spiro atoms. The predicted molar refractivity (Wildman–Crippen MR) is 115 cm³/mol. The van der Waals surface area contributed by atoms with E-state index in [0.29, 0.717) is 5.56 Å². The van der Waals surface area contributed by atoms with Crippen molar-refractivity contribution in [2.75, 3.05) is 13.2 Å². The van der Waals surface area contributed by atoms with Gasteiger partial charge >= 0.3 is 6.18 Å². The van der Waals surface area contributed by atoms with E-state index < -0.39 is 40.6 Å². The minimum Gasteiger partial charge on any atom is -0.395 e. The molecule has 1 unspecified atom stereocenters. The Bertz CT molecular complexity index is 1320. The minimum absolute atomic E-state index is 0.0216. The molecule has 0 saturated heterocycles. The Morgan fingerprint density at radius 3 is 2.31 bits per heavy atom. The van der Waals surface area contributed by atoms with Crippen molar-refractivity contribution in [3.05, 3.63) is 65.7 Å². The number of alkyl halides is 3. The molecule has 0 fully saturated rings. The highest BCUT2D eigenvalue weighted by Crippen LogP contribution is 2.43. The van der Waals surface area contributed by atoms with Gasteiger partial charge in [0.25, 0.3) is 11.8 Å². The molecule has 4 aromatic rings. The van der Waals surface area contributed by atoms with Crippen molar-refractivity contribution in [3.63, 3.8) is 0 Å². The molecule has 0 radical (unpaired) electrons. The zero-order chi connectivity index (χ0) is 25.2. The van der Waals surface area contributed by atoms with Gasteiger partial charge in [0.05, 0.1) is 6.61 Å². The highest BCUT2D eigenvalue weighted by Gasteiger charge is 2.43. The van der Waals surface area contributed by atoms with E-state index >= 15 is 0 Å². The van der Waals surface area contributed by atoms with Gasteiger partial charge in [-0.15, -0.1) is 0 Å². The number of halogens is 3. The summed E-state index contributed by atoms with van der Waals surface area (Å²) >= 11 is 0. The van der Waals surface area contributed by atoms with Gasteiger partial charge in [0, 0.05) is 17.7 Å². The van der Waals surface area contributed by atoms with E-state index in [2.05, 4.69) is 20.6 Å². The number of rotatable bonds is 7. The molecule has 0 aliphatic rings. The first-order valence-corrected chi connectivity index (χ1v) is 10.3. The highest BCUT2D eigenvalue weighted by molar-refractivity contribution is 5.86. The lowest BCUT2D eigenvalue weighted by Gasteiger charge is -2.22. The summed E-state index contributed by atoms with van der Waals surface area (Å²) in [5.41, 5.74) is -2.63. The van der Waals surface area contributed by atoms with Gasteiger partial charge in [-0.05, 0) is 12.5 Å². The first-order valence-electron chi connectivity index (χ1n) is 10.3. The molecule has 182 valence electrons. The van der Waals surface area contributed by atoms with Crippen LogP contribution in [0.1, 0.15) is 18.1 Å². The Morgan fingerprint density at radius 1 is 1.00 bits per heavy atom. The van der Waals surface area contributed by atoms with Crippen LogP contribution in [0.15, 0.2) is 63.6 Å². The average molecular weight is 488 g/mol. The maximum Gasteiger partial charge on any atom is 0.422 e. The van der Waals surface area contributed by atoms with Gasteiger partial charge in [-0.1, -0.05) is 64.9 Å². The lowest BCUT2D eigenvalue weighted by atomic mass is 9.94. The van der Waals surface area contributed by atoms with Crippen LogP contribution in [0.25, 0.3) is 34.3 Å². The van der Waals surface area contributed by atoms with Crippen molar-refractivity contribution in [2.24, 2.45) is 0 Å². The summed E-state index contributed by atoms with van der Waals surface area (Å²) in [5.74, 6) is -1.97. The van der Waals surface area contributed by atoms with Crippen LogP contribution in [0.5, 0.6) is 0 Å². The zero-order valence-corrected chi connectivity index (χ0v) is 18.2. The molecule has 2 aromatic heterocycles. The van der Waals surface area contributed by atoms with Crippen LogP contribution in [-0.4, -0.2) is 44.6 Å². The monoisotopic (exact) mass is 488 g/mol. The molecule has 0 aliphatic heterocycles. The van der Waals surface area contributed by atoms with Crippen molar-refractivity contribution >= 4 is 5.91 Å². The largest absolute Gasteiger partial charge is 0.422 e. The third kappa shape index (κ3) is 4.79. The van der Waals surface area contributed by atoms with E-state index in [1.165, 1.54) is 43.3 Å². The van der Waals surface area contributed by atoms with Crippen LogP contribution in [-0.2, 0) is 16.6 Å². The SMILES string of the molecule is CC(O)(C(=O)NCCO)c1ccc(-c2noc(-c3onc(-c4ccccc4)c3C(F)(F)F)n2)cc1. The Labute approximate surface area is 196 Å². The molecule has 0 saturated carbocycles. The van der Waals surface area contributed by atoms with E-state index in [0.717, 1.165) is 0 Å². The zero-order valence-electron chi connectivity index (χ0n) is 18.2. The number of nitrogens with zero attached hydrogens (tertiary/aromatic N) is 3. The van der Waals surface area contributed by atoms with E-state index in [4.69, 9.17) is 14.2 Å². The lowest BCUT2D eigenvalue weighted by Crippen LogP contribution is -2.43. The molecule has 2 heterocycles. The molecule has 0 aliphatic carbocycles. The second-order valence-corrected chi connectivity index (χ2v) is 7.65. The van der Waals surface area contributed by atoms with Gasteiger partial charge in [0.15, 0.2) is 5.60 Å². The fourth-order valence-corrected chi connectivity index (χ4v) is 3.34. The second kappa shape index (κ2) is 9.31. The fraction of sp³-hybridized carbons (Fsp3) is 0.217. The summed E-state index contributed by atoms with van der Waals surface area (Å²) in [6, 6.07) is 13.6. The van der Waals surface area contributed by atoms with Crippen molar-refractivity contribution in [1.29, 1.82) is 0 Å². The normalized spacial score (nSPS) is 13.4. The Balaban J connectivity index is 1.64. The van der Waals surface area contributed by atoms with Crippen LogP contribution >= 0.6 is 0 Å². The Kier molecular flexibility index (Phi) is 6.41. The molecule has 2 aromatic carbocycles. The Hall–Kier alpha value is -4.03. The number of hydrogen-bond donors (Lipinski definition) is 3. The number of nitrogens with one attached hydrogen (secondary N) is 1. The third-order valence-electron chi connectivity index (χ3n) is 5.19. The number of carbonyl (C=O) groups is 1. The van der Waals surface area contributed by atoms with E-state index in [-0.39, 0.29) is 30.1 Å². The molecule has 12 heteroatoms. The summed E-state index contributed by atoms with van der Waals surface area (Å²) < 4.78 is 51.7. The fourth-order valence-electron chi connectivity index (χ4n) is 3.34. The topological polar surface area (TPSA) is 135 Å². The number of benzene rings is 2. The van der Waals surface area contributed by atoms with Gasteiger partial charge in [-0.3, -0.25) is 4.79 Å². The molecular formula is C23H19F3N4O5. The highest BCUT2D eigenvalue weighted by atomic mass is 19.4. The first kappa shape index (κ1) is 24.1. The molecule has 9 nitrogen and oxygen atoms in total. The quantitative estimate of drug-likeness (QED) is 0.360. The molecular weight excluding hydrogens is 469 g/mol. The van der Waals surface area contributed by atoms with Gasteiger partial charge in [-0.2, -0.15) is 18.2 Å². The molecule has 1 atom stereocenters. The van der Waals surface area contributed by atoms with Crippen molar-refractivity contribution in [3.8, 4) is 34.3 Å². The standard InChI is InChI=1S/C23H19F3N4O5/c1-22(33,21(32)27-11-12-31)15-9-7-14(8-10-15)19-28-20(35-30-19)18-16(23(24,25)26)17(29-34-18)13-5-3-2-4-6-13/h2-10,31,33H,11-12H2,1H3,(H,27,32). The maximum atomic E-state index is 13.9. The van der Waals surface area contributed by atoms with Crippen LogP contribution < -0.4 is 5.32 Å². The summed E-state index contributed by atoms with van der Waals surface area (Å²) in [5, 5.41) is 29.0. The van der Waals surface area contributed by atoms with Crippen molar-refractivity contribution < 1.29 is 37.2 Å². The number of aliphatic hydroxyl groups excluding tert-OH is 1.